The maximum Gasteiger partial charge on any atom is 0.501 e. The Balaban J connectivity index is 1.53. The molecular formula is C54H81F3O13SSi. The number of ether oxygens (including phenoxy) is 10. The van der Waals surface area contributed by atoms with Gasteiger partial charge in [-0.2, -0.15) is 13.2 Å². The summed E-state index contributed by atoms with van der Waals surface area (Å²) in [5.74, 6) is -3.42. The van der Waals surface area contributed by atoms with Crippen LogP contribution in [0.1, 0.15) is 92.7 Å². The molecule has 3 saturated heterocycles. The fourth-order valence-electron chi connectivity index (χ4n) is 12.1. The van der Waals surface area contributed by atoms with Crippen LogP contribution in [0.4, 0.5) is 13.2 Å². The average Bonchev–Trinajstić information content (AvgIpc) is 3.69. The summed E-state index contributed by atoms with van der Waals surface area (Å²) in [6.07, 6.45) is 2.94. The van der Waals surface area contributed by atoms with Crippen molar-refractivity contribution in [2.45, 2.75) is 153 Å². The second kappa shape index (κ2) is 24.9. The summed E-state index contributed by atoms with van der Waals surface area (Å²) < 4.78 is 146. The summed E-state index contributed by atoms with van der Waals surface area (Å²) in [5.41, 5.74) is -5.38. The van der Waals surface area contributed by atoms with E-state index < -0.39 is 82.1 Å². The first-order valence-electron chi connectivity index (χ1n) is 25.5. The lowest BCUT2D eigenvalue weighted by atomic mass is 9.54. The largest absolute Gasteiger partial charge is 0.501 e. The second-order valence-corrected chi connectivity index (χ2v) is 28.6. The van der Waals surface area contributed by atoms with Crippen molar-refractivity contribution in [3.63, 3.8) is 0 Å². The third-order valence-corrected chi connectivity index (χ3v) is 23.2. The van der Waals surface area contributed by atoms with Crippen molar-refractivity contribution in [2.75, 3.05) is 61.2 Å². The second-order valence-electron chi connectivity index (χ2n) is 21.2. The standard InChI is InChI=1S/C54H81F3O13SSi/c1-35(2)72(36(3)4,37(5)6)68-25-13-14-43-20-19-41-28-46-38(7)50(66-34-63-27-26-60-10)49(41)53(43,70-46)48(71(58,59)54(55,56)57)29-42(32-64-30-39-15-21-44(61-11)22-16-39)51(47-33-67-52(8,9)69-47)65-31-40-17-23-45(62-12)24-18-40/h15-24,29,35-38,41-43,46-47,49-51H,13-14,25-28,30-34H2,1-12H3/b48-29+/t38-,41-,42?,43-,46+,47?,49-,50+,51?,53+/m0/s1. The van der Waals surface area contributed by atoms with Crippen LogP contribution >= 0.6 is 0 Å². The first-order chi connectivity index (χ1) is 34.1. The molecular weight excluding hydrogens is 974 g/mol. The first-order valence-corrected chi connectivity index (χ1v) is 29.2. The number of halogens is 3. The maximum atomic E-state index is 15.9. The number of rotatable bonds is 28. The molecule has 7 rings (SSSR count). The third-order valence-electron chi connectivity index (χ3n) is 15.4. The van der Waals surface area contributed by atoms with E-state index in [1.807, 2.05) is 43.3 Å². The van der Waals surface area contributed by atoms with Gasteiger partial charge in [-0.1, -0.05) is 91.0 Å². The van der Waals surface area contributed by atoms with Crippen LogP contribution in [-0.2, 0) is 65.4 Å². The van der Waals surface area contributed by atoms with Gasteiger partial charge in [0, 0.05) is 37.4 Å². The van der Waals surface area contributed by atoms with Crippen molar-refractivity contribution in [3.8, 4) is 11.5 Å². The molecule has 13 nitrogen and oxygen atoms in total. The summed E-state index contributed by atoms with van der Waals surface area (Å²) in [4.78, 5) is -0.886. The third kappa shape index (κ3) is 12.8. The molecule has 72 heavy (non-hydrogen) atoms. The Labute approximate surface area is 427 Å². The van der Waals surface area contributed by atoms with Gasteiger partial charge in [0.25, 0.3) is 9.84 Å². The molecule has 18 heteroatoms. The molecule has 3 unspecified atom stereocenters. The molecule has 406 valence electrons. The van der Waals surface area contributed by atoms with Crippen molar-refractivity contribution >= 4 is 18.2 Å². The molecule has 3 heterocycles. The highest BCUT2D eigenvalue weighted by Gasteiger charge is 2.69. The minimum absolute atomic E-state index is 0.00860. The summed E-state index contributed by atoms with van der Waals surface area (Å²) in [5, 5.41) is 0. The number of hydrogen-bond donors (Lipinski definition) is 0. The lowest BCUT2D eigenvalue weighted by Gasteiger charge is -2.64. The van der Waals surface area contributed by atoms with Gasteiger partial charge in [0.2, 0.25) is 0 Å². The van der Waals surface area contributed by atoms with Gasteiger partial charge in [-0.05, 0) is 91.0 Å². The number of sulfone groups is 1. The van der Waals surface area contributed by atoms with Crippen LogP contribution < -0.4 is 9.47 Å². The van der Waals surface area contributed by atoms with Gasteiger partial charge >= 0.3 is 5.51 Å². The molecule has 2 aromatic carbocycles. The van der Waals surface area contributed by atoms with Crippen LogP contribution in [0.15, 0.2) is 71.7 Å². The minimum Gasteiger partial charge on any atom is -0.497 e. The Morgan fingerprint density at radius 1 is 0.833 bits per heavy atom. The Morgan fingerprint density at radius 3 is 1.99 bits per heavy atom. The van der Waals surface area contributed by atoms with Crippen molar-refractivity contribution in [3.05, 3.63) is 82.8 Å². The molecule has 4 fully saturated rings. The molecule has 4 bridgehead atoms. The van der Waals surface area contributed by atoms with Crippen LogP contribution in [0.3, 0.4) is 0 Å². The monoisotopic (exact) mass is 1050 g/mol. The Kier molecular flexibility index (Phi) is 20.2. The normalized spacial score (nSPS) is 27.2. The molecule has 3 aliphatic heterocycles. The lowest BCUT2D eigenvalue weighted by molar-refractivity contribution is -0.292. The Hall–Kier alpha value is -2.88. The topological polar surface area (TPSA) is 136 Å². The highest BCUT2D eigenvalue weighted by molar-refractivity contribution is 7.96. The van der Waals surface area contributed by atoms with Crippen molar-refractivity contribution in [1.82, 2.24) is 0 Å². The van der Waals surface area contributed by atoms with Crippen LogP contribution in [0.5, 0.6) is 11.5 Å². The van der Waals surface area contributed by atoms with E-state index >= 15 is 13.2 Å². The average molecular weight is 1060 g/mol. The molecule has 0 amide bonds. The van der Waals surface area contributed by atoms with Gasteiger partial charge < -0.3 is 51.8 Å². The number of hydrogen-bond acceptors (Lipinski definition) is 13. The quantitative estimate of drug-likeness (QED) is 0.0346. The van der Waals surface area contributed by atoms with Crippen LogP contribution in [-0.4, -0.2) is 119 Å². The molecule has 2 aromatic rings. The van der Waals surface area contributed by atoms with Gasteiger partial charge in [0.1, 0.15) is 30.0 Å². The molecule has 0 radical (unpaired) electrons. The summed E-state index contributed by atoms with van der Waals surface area (Å²) in [6, 6.07) is 14.4. The molecule has 0 aromatic heterocycles. The van der Waals surface area contributed by atoms with E-state index in [9.17, 15) is 8.42 Å². The molecule has 2 aliphatic carbocycles. The molecule has 1 saturated carbocycles. The molecule has 0 spiro atoms. The van der Waals surface area contributed by atoms with Gasteiger partial charge in [-0.3, -0.25) is 0 Å². The maximum absolute atomic E-state index is 15.9. The predicted molar refractivity (Wildman–Crippen MR) is 270 cm³/mol. The Bertz CT molecular complexity index is 2160. The number of fused-ring (bicyclic) bond motifs is 1. The van der Waals surface area contributed by atoms with E-state index in [1.54, 1.807) is 59.4 Å². The van der Waals surface area contributed by atoms with E-state index in [-0.39, 0.29) is 58.1 Å². The SMILES string of the molecule is COCCOCO[C@@H]1[C@@H](C)[C@H]2C[C@@H]3C=C[C@H](CCCO[Si](C(C)C)(C(C)C)C(C)C)[C@](/C(=C\C(COCc4ccc(OC)cc4)C(OCc4ccc(OC)cc4)C4COC(C)(C)O4)S(=O)(=O)C(F)(F)F)(O2)[C@H]13. The number of methoxy groups -OCH3 is 3. The number of allylic oxidation sites excluding steroid dienone is 1. The van der Waals surface area contributed by atoms with Crippen LogP contribution in [0.25, 0.3) is 0 Å². The highest BCUT2D eigenvalue weighted by Crippen LogP contribution is 2.62. The highest BCUT2D eigenvalue weighted by atomic mass is 32.2. The van der Waals surface area contributed by atoms with Crippen molar-refractivity contribution in [2.24, 2.45) is 29.6 Å². The van der Waals surface area contributed by atoms with E-state index in [4.69, 9.17) is 51.8 Å². The smallest absolute Gasteiger partial charge is 0.497 e. The zero-order chi connectivity index (χ0) is 52.6. The van der Waals surface area contributed by atoms with Crippen LogP contribution in [0.2, 0.25) is 16.6 Å². The van der Waals surface area contributed by atoms with Crippen molar-refractivity contribution in [1.29, 1.82) is 0 Å². The van der Waals surface area contributed by atoms with Gasteiger partial charge in [-0.25, -0.2) is 8.42 Å². The van der Waals surface area contributed by atoms with Gasteiger partial charge in [0.05, 0.1) is 77.1 Å². The number of benzene rings is 2. The zero-order valence-corrected chi connectivity index (χ0v) is 46.2. The van der Waals surface area contributed by atoms with Crippen LogP contribution in [0, 0.1) is 29.6 Å². The van der Waals surface area contributed by atoms with Gasteiger partial charge in [0.15, 0.2) is 14.1 Å². The lowest BCUT2D eigenvalue weighted by Crippen LogP contribution is -2.70. The minimum atomic E-state index is -6.19. The number of alkyl halides is 3. The summed E-state index contributed by atoms with van der Waals surface area (Å²) in [6.45, 7) is 19.1. The summed E-state index contributed by atoms with van der Waals surface area (Å²) >= 11 is 0. The van der Waals surface area contributed by atoms with E-state index in [1.165, 1.54) is 6.08 Å². The fourth-order valence-corrected chi connectivity index (χ4v) is 18.9. The van der Waals surface area contributed by atoms with E-state index in [0.29, 0.717) is 54.2 Å². The molecule has 5 aliphatic rings. The predicted octanol–water partition coefficient (Wildman–Crippen LogP) is 11.0. The van der Waals surface area contributed by atoms with Gasteiger partial charge in [-0.15, -0.1) is 0 Å². The Morgan fingerprint density at radius 2 is 1.44 bits per heavy atom. The molecule has 0 N–H and O–H groups in total. The fraction of sp³-hybridized carbons (Fsp3) is 0.704. The first kappa shape index (κ1) is 58.4. The zero-order valence-electron chi connectivity index (χ0n) is 44.4. The summed E-state index contributed by atoms with van der Waals surface area (Å²) in [7, 11) is -3.85. The van der Waals surface area contributed by atoms with Crippen molar-refractivity contribution < 1.29 is 73.4 Å². The van der Waals surface area contributed by atoms with E-state index in [0.717, 1.165) is 11.1 Å². The molecule has 10 atom stereocenters. The van der Waals surface area contributed by atoms with E-state index in [2.05, 4.69) is 41.5 Å².